The average molecular weight is 441 g/mol. The van der Waals surface area contributed by atoms with Gasteiger partial charge in [0.05, 0.1) is 21.4 Å². The molecule has 1 saturated heterocycles. The summed E-state index contributed by atoms with van der Waals surface area (Å²) in [5.41, 5.74) is 1.26. The Hall–Kier alpha value is -1.63. The van der Waals surface area contributed by atoms with Gasteiger partial charge in [-0.2, -0.15) is 0 Å². The summed E-state index contributed by atoms with van der Waals surface area (Å²) in [5.74, 6) is -0.0687. The number of likely N-dealkylation sites (tertiary alicyclic amines) is 1. The molecule has 2 aromatic rings. The molecule has 0 saturated carbocycles. The summed E-state index contributed by atoms with van der Waals surface area (Å²) in [6.45, 7) is 5.26. The third-order valence-electron chi connectivity index (χ3n) is 4.86. The second kappa shape index (κ2) is 8.39. The quantitative estimate of drug-likeness (QED) is 0.699. The van der Waals surface area contributed by atoms with Gasteiger partial charge in [-0.15, -0.1) is 0 Å². The number of halogens is 2. The number of piperidine rings is 1. The monoisotopic (exact) mass is 440 g/mol. The summed E-state index contributed by atoms with van der Waals surface area (Å²) >= 11 is 12.2. The molecule has 0 bridgehead atoms. The number of aryl methyl sites for hydroxylation is 1. The van der Waals surface area contributed by atoms with Crippen LogP contribution in [0.15, 0.2) is 35.2 Å². The molecule has 1 amide bonds. The van der Waals surface area contributed by atoms with E-state index in [1.165, 1.54) is 12.1 Å². The number of hydrogen-bond donors (Lipinski definition) is 0. The van der Waals surface area contributed by atoms with Gasteiger partial charge >= 0.3 is 0 Å². The highest BCUT2D eigenvalue weighted by molar-refractivity contribution is 7.90. The lowest BCUT2D eigenvalue weighted by atomic mass is 10.00. The topological polar surface area (TPSA) is 67.3 Å². The molecule has 0 N–H and O–H groups in total. The third-order valence-corrected chi connectivity index (χ3v) is 7.37. The van der Waals surface area contributed by atoms with E-state index in [9.17, 15) is 13.2 Å². The van der Waals surface area contributed by atoms with Gasteiger partial charge < -0.3 is 4.90 Å². The Morgan fingerprint density at radius 2 is 2.00 bits per heavy atom. The zero-order chi connectivity index (χ0) is 20.5. The third kappa shape index (κ3) is 4.67. The van der Waals surface area contributed by atoms with E-state index < -0.39 is 9.84 Å². The lowest BCUT2D eigenvalue weighted by molar-refractivity contribution is 0.0677. The fourth-order valence-electron chi connectivity index (χ4n) is 3.35. The van der Waals surface area contributed by atoms with Crippen LogP contribution in [0.25, 0.3) is 0 Å². The first kappa shape index (κ1) is 21.1. The zero-order valence-corrected chi connectivity index (χ0v) is 18.1. The Labute approximate surface area is 175 Å². The summed E-state index contributed by atoms with van der Waals surface area (Å²) in [4.78, 5) is 18.8. The molecule has 1 aliphatic rings. The van der Waals surface area contributed by atoms with Crippen molar-refractivity contribution in [2.45, 2.75) is 37.3 Å². The Balaban J connectivity index is 1.84. The number of benzene rings is 1. The Morgan fingerprint density at radius 1 is 1.25 bits per heavy atom. The molecule has 150 valence electrons. The van der Waals surface area contributed by atoms with Crippen LogP contribution in [-0.2, 0) is 15.6 Å². The van der Waals surface area contributed by atoms with Gasteiger partial charge in [0.1, 0.15) is 5.69 Å². The molecule has 1 unspecified atom stereocenters. The molecule has 28 heavy (non-hydrogen) atoms. The zero-order valence-electron chi connectivity index (χ0n) is 15.8. The number of carbonyl (C=O) groups is 1. The van der Waals surface area contributed by atoms with Crippen LogP contribution < -0.4 is 0 Å². The summed E-state index contributed by atoms with van der Waals surface area (Å²) in [6, 6.07) is 7.76. The van der Waals surface area contributed by atoms with Crippen LogP contribution in [0.2, 0.25) is 10.0 Å². The van der Waals surface area contributed by atoms with Crippen LogP contribution in [0.4, 0.5) is 0 Å². The molecule has 5 nitrogen and oxygen atoms in total. The fourth-order valence-corrected chi connectivity index (χ4v) is 5.51. The minimum absolute atomic E-state index is 0.0341. The molecule has 0 aliphatic carbocycles. The lowest BCUT2D eigenvalue weighted by Gasteiger charge is -2.30. The Morgan fingerprint density at radius 3 is 2.71 bits per heavy atom. The standard InChI is InChI=1S/C20H22Cl2N2O3S/c1-13-5-4-8-24(11-13)20(25)18-7-3-6-15(23-18)12-28(26,27)19-10-16(21)14(2)9-17(19)22/h3,6-7,9-10,13H,4-5,8,11-12H2,1-2H3. The van der Waals surface area contributed by atoms with Crippen molar-refractivity contribution in [3.63, 3.8) is 0 Å². The maximum absolute atomic E-state index is 12.8. The SMILES string of the molecule is Cc1cc(Cl)c(S(=O)(=O)Cc2cccc(C(=O)N3CCCC(C)C3)n2)cc1Cl. The van der Waals surface area contributed by atoms with Gasteiger partial charge in [0.25, 0.3) is 5.91 Å². The predicted molar refractivity (Wildman–Crippen MR) is 111 cm³/mol. The minimum atomic E-state index is -3.76. The predicted octanol–water partition coefficient (Wildman–Crippen LogP) is 4.54. The number of carbonyl (C=O) groups excluding carboxylic acids is 1. The van der Waals surface area contributed by atoms with Crippen molar-refractivity contribution in [2.24, 2.45) is 5.92 Å². The number of aromatic nitrogens is 1. The van der Waals surface area contributed by atoms with Gasteiger partial charge in [0.15, 0.2) is 9.84 Å². The average Bonchev–Trinajstić information content (AvgIpc) is 2.63. The van der Waals surface area contributed by atoms with Crippen LogP contribution in [0.5, 0.6) is 0 Å². The number of rotatable bonds is 4. The van der Waals surface area contributed by atoms with Gasteiger partial charge in [0, 0.05) is 18.1 Å². The van der Waals surface area contributed by atoms with E-state index in [0.29, 0.717) is 35.3 Å². The number of pyridine rings is 1. The molecule has 3 rings (SSSR count). The van der Waals surface area contributed by atoms with Crippen molar-refractivity contribution in [3.05, 3.63) is 57.3 Å². The molecule has 1 atom stereocenters. The molecule has 8 heteroatoms. The second-order valence-corrected chi connectivity index (χ2v) is 10.1. The van der Waals surface area contributed by atoms with Crippen molar-refractivity contribution in [3.8, 4) is 0 Å². The molecule has 1 aliphatic heterocycles. The molecular weight excluding hydrogens is 419 g/mol. The number of sulfone groups is 1. The molecule has 2 heterocycles. The van der Waals surface area contributed by atoms with Gasteiger partial charge in [-0.05, 0) is 55.5 Å². The van der Waals surface area contributed by atoms with Crippen molar-refractivity contribution in [2.75, 3.05) is 13.1 Å². The highest BCUT2D eigenvalue weighted by atomic mass is 35.5. The number of hydrogen-bond acceptors (Lipinski definition) is 4. The van der Waals surface area contributed by atoms with Crippen LogP contribution in [0, 0.1) is 12.8 Å². The van der Waals surface area contributed by atoms with E-state index in [1.54, 1.807) is 30.0 Å². The first-order valence-corrected chi connectivity index (χ1v) is 11.5. The number of amides is 1. The van der Waals surface area contributed by atoms with Crippen molar-refractivity contribution < 1.29 is 13.2 Å². The normalized spacial score (nSPS) is 17.6. The van der Waals surface area contributed by atoms with Crippen LogP contribution >= 0.6 is 23.2 Å². The molecule has 1 aromatic heterocycles. The maximum atomic E-state index is 12.8. The van der Waals surface area contributed by atoms with Gasteiger partial charge in [-0.25, -0.2) is 13.4 Å². The molecule has 0 radical (unpaired) electrons. The molecule has 0 spiro atoms. The smallest absolute Gasteiger partial charge is 0.272 e. The summed E-state index contributed by atoms with van der Waals surface area (Å²) in [5, 5.41) is 0.454. The minimum Gasteiger partial charge on any atom is -0.337 e. The van der Waals surface area contributed by atoms with E-state index in [2.05, 4.69) is 11.9 Å². The fraction of sp³-hybridized carbons (Fsp3) is 0.400. The Kier molecular flexibility index (Phi) is 6.32. The highest BCUT2D eigenvalue weighted by Gasteiger charge is 2.25. The molecular formula is C20H22Cl2N2O3S. The van der Waals surface area contributed by atoms with E-state index in [4.69, 9.17) is 23.2 Å². The second-order valence-electron chi connectivity index (χ2n) is 7.30. The van der Waals surface area contributed by atoms with Crippen LogP contribution in [0.3, 0.4) is 0 Å². The van der Waals surface area contributed by atoms with E-state index >= 15 is 0 Å². The van der Waals surface area contributed by atoms with Gasteiger partial charge in [-0.3, -0.25) is 4.79 Å². The van der Waals surface area contributed by atoms with Crippen molar-refractivity contribution in [1.82, 2.24) is 9.88 Å². The van der Waals surface area contributed by atoms with E-state index in [-0.39, 0.29) is 27.3 Å². The summed E-state index contributed by atoms with van der Waals surface area (Å²) in [7, 11) is -3.76. The lowest BCUT2D eigenvalue weighted by Crippen LogP contribution is -2.39. The van der Waals surface area contributed by atoms with Crippen molar-refractivity contribution >= 4 is 38.9 Å². The molecule has 1 fully saturated rings. The summed E-state index contributed by atoms with van der Waals surface area (Å²) < 4.78 is 25.7. The first-order valence-electron chi connectivity index (χ1n) is 9.11. The van der Waals surface area contributed by atoms with Gasteiger partial charge in [-0.1, -0.05) is 36.2 Å². The largest absolute Gasteiger partial charge is 0.337 e. The van der Waals surface area contributed by atoms with Crippen LogP contribution in [0.1, 0.15) is 41.5 Å². The van der Waals surface area contributed by atoms with Gasteiger partial charge in [0.2, 0.25) is 0 Å². The van der Waals surface area contributed by atoms with Crippen molar-refractivity contribution in [1.29, 1.82) is 0 Å². The maximum Gasteiger partial charge on any atom is 0.272 e. The summed E-state index contributed by atoms with van der Waals surface area (Å²) in [6.07, 6.45) is 2.07. The first-order chi connectivity index (χ1) is 13.2. The molecule has 1 aromatic carbocycles. The highest BCUT2D eigenvalue weighted by Crippen LogP contribution is 2.30. The van der Waals surface area contributed by atoms with E-state index in [1.807, 2.05) is 0 Å². The van der Waals surface area contributed by atoms with Crippen LogP contribution in [-0.4, -0.2) is 37.3 Å². The Bertz CT molecular complexity index is 1010. The number of nitrogens with zero attached hydrogens (tertiary/aromatic N) is 2. The van der Waals surface area contributed by atoms with E-state index in [0.717, 1.165) is 12.8 Å².